The first-order valence-corrected chi connectivity index (χ1v) is 8.28. The fraction of sp³-hybridized carbons (Fsp3) is 0.375. The average molecular weight is 299 g/mol. The van der Waals surface area contributed by atoms with Crippen LogP contribution in [0.5, 0.6) is 0 Å². The normalized spacial score (nSPS) is 16.0. The number of aromatic nitrogens is 3. The topological polar surface area (TPSA) is 50.2 Å². The molecule has 0 radical (unpaired) electrons. The fourth-order valence-corrected chi connectivity index (χ4v) is 4.17. The lowest BCUT2D eigenvalue weighted by Gasteiger charge is -2.11. The standard InChI is InChI=1S/C16H17N3OS/c1-10-14(11-5-2-3-6-11)16(20)19-15(18-10)12(9-17-19)13-7-4-8-21-13/h4,7-9,11,17H,2-3,5-6H2,1H3. The third-order valence-electron chi connectivity index (χ3n) is 4.44. The van der Waals surface area contributed by atoms with Crippen LogP contribution in [0, 0.1) is 6.92 Å². The van der Waals surface area contributed by atoms with Gasteiger partial charge in [-0.15, -0.1) is 11.3 Å². The zero-order chi connectivity index (χ0) is 14.4. The predicted molar refractivity (Wildman–Crippen MR) is 85.1 cm³/mol. The number of nitrogens with one attached hydrogen (secondary N) is 1. The molecule has 0 aromatic carbocycles. The molecule has 5 heteroatoms. The van der Waals surface area contributed by atoms with Crippen molar-refractivity contribution in [2.45, 2.75) is 38.5 Å². The maximum Gasteiger partial charge on any atom is 0.276 e. The summed E-state index contributed by atoms with van der Waals surface area (Å²) in [7, 11) is 0. The van der Waals surface area contributed by atoms with E-state index < -0.39 is 0 Å². The van der Waals surface area contributed by atoms with Crippen LogP contribution in [-0.4, -0.2) is 14.6 Å². The van der Waals surface area contributed by atoms with Crippen LogP contribution in [0.25, 0.3) is 16.1 Å². The summed E-state index contributed by atoms with van der Waals surface area (Å²) < 4.78 is 1.61. The minimum absolute atomic E-state index is 0.0761. The highest BCUT2D eigenvalue weighted by Gasteiger charge is 2.24. The smallest absolute Gasteiger partial charge is 0.276 e. The Hall–Kier alpha value is -1.88. The molecule has 3 heterocycles. The largest absolute Gasteiger partial charge is 0.296 e. The summed E-state index contributed by atoms with van der Waals surface area (Å²) in [6, 6.07) is 4.07. The van der Waals surface area contributed by atoms with Gasteiger partial charge in [0.2, 0.25) is 0 Å². The van der Waals surface area contributed by atoms with E-state index >= 15 is 0 Å². The average Bonchev–Trinajstić information content (AvgIpc) is 3.19. The summed E-state index contributed by atoms with van der Waals surface area (Å²) in [5, 5.41) is 5.12. The highest BCUT2D eigenvalue weighted by molar-refractivity contribution is 7.13. The Kier molecular flexibility index (Phi) is 2.96. The van der Waals surface area contributed by atoms with Gasteiger partial charge in [0.15, 0.2) is 5.65 Å². The first-order valence-electron chi connectivity index (χ1n) is 7.40. The number of hydrogen-bond acceptors (Lipinski definition) is 3. The van der Waals surface area contributed by atoms with Crippen molar-refractivity contribution in [3.8, 4) is 10.4 Å². The number of fused-ring (bicyclic) bond motifs is 1. The van der Waals surface area contributed by atoms with Crippen molar-refractivity contribution in [3.05, 3.63) is 45.3 Å². The van der Waals surface area contributed by atoms with Crippen molar-refractivity contribution < 1.29 is 0 Å². The number of aryl methyl sites for hydroxylation is 1. The lowest BCUT2D eigenvalue weighted by Crippen LogP contribution is -2.23. The summed E-state index contributed by atoms with van der Waals surface area (Å²) in [5.74, 6) is 0.385. The highest BCUT2D eigenvalue weighted by atomic mass is 32.1. The molecule has 1 N–H and O–H groups in total. The fourth-order valence-electron chi connectivity index (χ4n) is 3.43. The summed E-state index contributed by atoms with van der Waals surface area (Å²) in [4.78, 5) is 18.7. The van der Waals surface area contributed by atoms with Crippen molar-refractivity contribution in [2.24, 2.45) is 0 Å². The Bertz CT molecular complexity index is 838. The molecule has 1 aliphatic carbocycles. The second-order valence-corrected chi connectivity index (χ2v) is 6.67. The maximum absolute atomic E-state index is 12.8. The Morgan fingerprint density at radius 2 is 2.19 bits per heavy atom. The SMILES string of the molecule is Cc1nc2c(-c3cccs3)c[nH]n2c(=O)c1C1CCCC1. The first kappa shape index (κ1) is 12.8. The highest BCUT2D eigenvalue weighted by Crippen LogP contribution is 2.34. The van der Waals surface area contributed by atoms with E-state index in [0.29, 0.717) is 5.92 Å². The number of hydrogen-bond donors (Lipinski definition) is 1. The van der Waals surface area contributed by atoms with Gasteiger partial charge in [-0.2, -0.15) is 0 Å². The minimum Gasteiger partial charge on any atom is -0.296 e. The van der Waals surface area contributed by atoms with E-state index in [0.717, 1.165) is 40.2 Å². The second kappa shape index (κ2) is 4.84. The number of aromatic amines is 1. The molecule has 1 saturated carbocycles. The monoisotopic (exact) mass is 299 g/mol. The van der Waals surface area contributed by atoms with Crippen LogP contribution in [-0.2, 0) is 0 Å². The van der Waals surface area contributed by atoms with Gasteiger partial charge in [0.25, 0.3) is 5.56 Å². The van der Waals surface area contributed by atoms with Crippen molar-refractivity contribution in [1.82, 2.24) is 14.6 Å². The molecular formula is C16H17N3OS. The Morgan fingerprint density at radius 3 is 2.90 bits per heavy atom. The zero-order valence-corrected chi connectivity index (χ0v) is 12.7. The zero-order valence-electron chi connectivity index (χ0n) is 11.9. The first-order chi connectivity index (χ1) is 10.3. The molecule has 0 unspecified atom stereocenters. The van der Waals surface area contributed by atoms with Crippen LogP contribution in [0.3, 0.4) is 0 Å². The molecule has 0 bridgehead atoms. The quantitative estimate of drug-likeness (QED) is 0.784. The number of nitrogens with zero attached hydrogens (tertiary/aromatic N) is 2. The van der Waals surface area contributed by atoms with Gasteiger partial charge in [-0.1, -0.05) is 18.9 Å². The molecule has 108 valence electrons. The Balaban J connectivity index is 1.95. The van der Waals surface area contributed by atoms with Gasteiger partial charge in [0.05, 0.1) is 5.56 Å². The molecule has 0 atom stereocenters. The van der Waals surface area contributed by atoms with Crippen LogP contribution < -0.4 is 5.56 Å². The molecule has 0 aliphatic heterocycles. The van der Waals surface area contributed by atoms with Gasteiger partial charge in [-0.25, -0.2) is 9.50 Å². The van der Waals surface area contributed by atoms with Crippen molar-refractivity contribution in [3.63, 3.8) is 0 Å². The Labute approximate surface area is 126 Å². The summed E-state index contributed by atoms with van der Waals surface area (Å²) in [5.41, 5.74) is 3.62. The van der Waals surface area contributed by atoms with Crippen molar-refractivity contribution >= 4 is 17.0 Å². The Morgan fingerprint density at radius 1 is 1.38 bits per heavy atom. The maximum atomic E-state index is 12.8. The molecule has 3 aromatic heterocycles. The third kappa shape index (κ3) is 1.95. The van der Waals surface area contributed by atoms with Gasteiger partial charge in [-0.05, 0) is 37.1 Å². The van der Waals surface area contributed by atoms with E-state index in [9.17, 15) is 4.79 Å². The van der Waals surface area contributed by atoms with Crippen LogP contribution in [0.2, 0.25) is 0 Å². The molecule has 0 spiro atoms. The third-order valence-corrected chi connectivity index (χ3v) is 5.34. The molecule has 3 aromatic rings. The lowest BCUT2D eigenvalue weighted by atomic mass is 9.97. The lowest BCUT2D eigenvalue weighted by molar-refractivity contribution is 0.687. The van der Waals surface area contributed by atoms with Gasteiger partial charge < -0.3 is 0 Å². The summed E-state index contributed by atoms with van der Waals surface area (Å²) in [6.07, 6.45) is 6.55. The van der Waals surface area contributed by atoms with Crippen molar-refractivity contribution in [1.29, 1.82) is 0 Å². The van der Waals surface area contributed by atoms with E-state index in [1.165, 1.54) is 12.8 Å². The van der Waals surface area contributed by atoms with Crippen LogP contribution >= 0.6 is 11.3 Å². The number of H-pyrrole nitrogens is 1. The van der Waals surface area contributed by atoms with Gasteiger partial charge >= 0.3 is 0 Å². The van der Waals surface area contributed by atoms with E-state index in [4.69, 9.17) is 4.98 Å². The minimum atomic E-state index is 0.0761. The van der Waals surface area contributed by atoms with E-state index in [2.05, 4.69) is 11.2 Å². The molecule has 1 aliphatic rings. The van der Waals surface area contributed by atoms with Crippen molar-refractivity contribution in [2.75, 3.05) is 0 Å². The predicted octanol–water partition coefficient (Wildman–Crippen LogP) is 3.72. The van der Waals surface area contributed by atoms with Gasteiger partial charge in [0, 0.05) is 22.3 Å². The molecular weight excluding hydrogens is 282 g/mol. The van der Waals surface area contributed by atoms with Gasteiger partial charge in [0.1, 0.15) is 0 Å². The molecule has 4 nitrogen and oxygen atoms in total. The molecule has 0 amide bonds. The van der Waals surface area contributed by atoms with E-state index in [1.807, 2.05) is 24.6 Å². The number of thiophene rings is 1. The van der Waals surface area contributed by atoms with E-state index in [-0.39, 0.29) is 5.56 Å². The molecule has 21 heavy (non-hydrogen) atoms. The molecule has 1 fully saturated rings. The summed E-state index contributed by atoms with van der Waals surface area (Å²) >= 11 is 1.66. The van der Waals surface area contributed by atoms with E-state index in [1.54, 1.807) is 15.9 Å². The second-order valence-electron chi connectivity index (χ2n) is 5.72. The summed E-state index contributed by atoms with van der Waals surface area (Å²) in [6.45, 7) is 1.97. The van der Waals surface area contributed by atoms with Crippen LogP contribution in [0.1, 0.15) is 42.9 Å². The molecule has 4 rings (SSSR count). The number of rotatable bonds is 2. The van der Waals surface area contributed by atoms with Crippen LogP contribution in [0.4, 0.5) is 0 Å². The molecule has 0 saturated heterocycles. The van der Waals surface area contributed by atoms with Crippen LogP contribution in [0.15, 0.2) is 28.5 Å². The van der Waals surface area contributed by atoms with Gasteiger partial charge in [-0.3, -0.25) is 9.89 Å².